The van der Waals surface area contributed by atoms with Crippen LogP contribution in [-0.4, -0.2) is 18.3 Å². The molecule has 0 unspecified atom stereocenters. The van der Waals surface area contributed by atoms with Crippen LogP contribution in [0.1, 0.15) is 45.2 Å². The summed E-state index contributed by atoms with van der Waals surface area (Å²) in [4.78, 5) is 0. The van der Waals surface area contributed by atoms with Crippen molar-refractivity contribution in [1.82, 2.24) is 5.32 Å². The summed E-state index contributed by atoms with van der Waals surface area (Å²) >= 11 is 0. The van der Waals surface area contributed by atoms with Crippen molar-refractivity contribution in [3.63, 3.8) is 0 Å². The van der Waals surface area contributed by atoms with Gasteiger partial charge in [0.15, 0.2) is 0 Å². The van der Waals surface area contributed by atoms with Gasteiger partial charge in [-0.2, -0.15) is 0 Å². The number of hydrogen-bond donors (Lipinski definition) is 2. The highest BCUT2D eigenvalue weighted by Crippen LogP contribution is 2.25. The molecule has 0 spiro atoms. The molecule has 102 valence electrons. The van der Waals surface area contributed by atoms with E-state index in [1.165, 1.54) is 6.07 Å². The van der Waals surface area contributed by atoms with Gasteiger partial charge in [-0.25, -0.2) is 4.39 Å². The molecule has 1 atom stereocenters. The largest absolute Gasteiger partial charge is 0.396 e. The van der Waals surface area contributed by atoms with E-state index in [2.05, 4.69) is 19.2 Å². The highest BCUT2D eigenvalue weighted by molar-refractivity contribution is 5.19. The minimum Gasteiger partial charge on any atom is -0.396 e. The maximum Gasteiger partial charge on any atom is 0.123 e. The lowest BCUT2D eigenvalue weighted by atomic mass is 9.83. The van der Waals surface area contributed by atoms with Gasteiger partial charge in [-0.3, -0.25) is 0 Å². The second-order valence-corrected chi connectivity index (χ2v) is 5.02. The second-order valence-electron chi connectivity index (χ2n) is 5.02. The second kappa shape index (κ2) is 6.86. The Kier molecular flexibility index (Phi) is 5.76. The fraction of sp³-hybridized carbons (Fsp3) is 0.600. The lowest BCUT2D eigenvalue weighted by molar-refractivity contribution is 0.110. The predicted molar refractivity (Wildman–Crippen MR) is 72.9 cm³/mol. The summed E-state index contributed by atoms with van der Waals surface area (Å²) in [5.74, 6) is -0.208. The van der Waals surface area contributed by atoms with Gasteiger partial charge in [-0.15, -0.1) is 0 Å². The Labute approximate surface area is 109 Å². The van der Waals surface area contributed by atoms with Gasteiger partial charge in [0.2, 0.25) is 0 Å². The molecular formula is C15H24FNO. The predicted octanol–water partition coefficient (Wildman–Crippen LogP) is 3.28. The van der Waals surface area contributed by atoms with Crippen molar-refractivity contribution in [2.75, 3.05) is 13.2 Å². The Morgan fingerprint density at radius 2 is 2.00 bits per heavy atom. The number of aliphatic hydroxyl groups excluding tert-OH is 1. The van der Waals surface area contributed by atoms with E-state index in [1.54, 1.807) is 12.1 Å². The lowest BCUT2D eigenvalue weighted by Crippen LogP contribution is -2.37. The number of aliphatic hydroxyl groups is 1. The molecule has 0 aliphatic heterocycles. The molecule has 0 aromatic heterocycles. The summed E-state index contributed by atoms with van der Waals surface area (Å²) in [7, 11) is 0. The van der Waals surface area contributed by atoms with Crippen LogP contribution in [0.15, 0.2) is 24.3 Å². The summed E-state index contributed by atoms with van der Waals surface area (Å²) in [5, 5.41) is 12.9. The van der Waals surface area contributed by atoms with Crippen LogP contribution in [0.5, 0.6) is 0 Å². The van der Waals surface area contributed by atoms with Crippen LogP contribution in [0.4, 0.5) is 4.39 Å². The van der Waals surface area contributed by atoms with E-state index in [0.717, 1.165) is 24.9 Å². The maximum absolute atomic E-state index is 13.1. The quantitative estimate of drug-likeness (QED) is 0.781. The number of nitrogens with one attached hydrogen (secondary N) is 1. The molecule has 0 aliphatic rings. The molecule has 2 N–H and O–H groups in total. The van der Waals surface area contributed by atoms with Gasteiger partial charge < -0.3 is 10.4 Å². The first-order valence-electron chi connectivity index (χ1n) is 6.66. The molecule has 0 heterocycles. The van der Waals surface area contributed by atoms with Gasteiger partial charge in [-0.05, 0) is 37.5 Å². The van der Waals surface area contributed by atoms with Crippen molar-refractivity contribution in [2.45, 2.75) is 39.7 Å². The van der Waals surface area contributed by atoms with E-state index in [0.29, 0.717) is 0 Å². The SMILES string of the molecule is CCC(CC)(CO)CN[C@H](C)c1cccc(F)c1. The minimum absolute atomic E-state index is 0.0679. The molecule has 18 heavy (non-hydrogen) atoms. The van der Waals surface area contributed by atoms with Crippen LogP contribution in [0, 0.1) is 11.2 Å². The first-order chi connectivity index (χ1) is 8.56. The van der Waals surface area contributed by atoms with Gasteiger partial charge in [0.05, 0.1) is 0 Å². The minimum atomic E-state index is -0.208. The van der Waals surface area contributed by atoms with Crippen molar-refractivity contribution in [3.8, 4) is 0 Å². The van der Waals surface area contributed by atoms with Crippen LogP contribution < -0.4 is 5.32 Å². The van der Waals surface area contributed by atoms with E-state index < -0.39 is 0 Å². The molecule has 1 aromatic carbocycles. The Morgan fingerprint density at radius 3 is 2.50 bits per heavy atom. The van der Waals surface area contributed by atoms with E-state index in [9.17, 15) is 9.50 Å². The molecule has 0 bridgehead atoms. The van der Waals surface area contributed by atoms with Crippen molar-refractivity contribution in [2.24, 2.45) is 5.41 Å². The lowest BCUT2D eigenvalue weighted by Gasteiger charge is -2.31. The average Bonchev–Trinajstić information content (AvgIpc) is 2.40. The number of rotatable bonds is 7. The molecule has 3 heteroatoms. The Balaban J connectivity index is 2.62. The highest BCUT2D eigenvalue weighted by Gasteiger charge is 2.25. The fourth-order valence-corrected chi connectivity index (χ4v) is 2.04. The van der Waals surface area contributed by atoms with E-state index in [-0.39, 0.29) is 23.9 Å². The third kappa shape index (κ3) is 3.79. The fourth-order valence-electron chi connectivity index (χ4n) is 2.04. The van der Waals surface area contributed by atoms with Crippen LogP contribution in [0.25, 0.3) is 0 Å². The first kappa shape index (κ1) is 15.1. The zero-order valence-corrected chi connectivity index (χ0v) is 11.5. The molecule has 0 aliphatic carbocycles. The first-order valence-corrected chi connectivity index (χ1v) is 6.66. The molecule has 0 radical (unpaired) electrons. The monoisotopic (exact) mass is 253 g/mol. The molecule has 1 rings (SSSR count). The normalized spacial score (nSPS) is 13.6. The molecule has 2 nitrogen and oxygen atoms in total. The van der Waals surface area contributed by atoms with Crippen LogP contribution in [-0.2, 0) is 0 Å². The van der Waals surface area contributed by atoms with Crippen LogP contribution >= 0.6 is 0 Å². The number of halogens is 1. The van der Waals surface area contributed by atoms with Crippen molar-refractivity contribution >= 4 is 0 Å². The van der Waals surface area contributed by atoms with Crippen LogP contribution in [0.3, 0.4) is 0 Å². The molecule has 0 fully saturated rings. The van der Waals surface area contributed by atoms with Gasteiger partial charge in [0.1, 0.15) is 5.82 Å². The smallest absolute Gasteiger partial charge is 0.123 e. The zero-order chi connectivity index (χ0) is 13.6. The zero-order valence-electron chi connectivity index (χ0n) is 11.5. The third-order valence-corrected chi connectivity index (χ3v) is 3.97. The molecular weight excluding hydrogens is 229 g/mol. The van der Waals surface area contributed by atoms with Crippen molar-refractivity contribution in [1.29, 1.82) is 0 Å². The van der Waals surface area contributed by atoms with Gasteiger partial charge >= 0.3 is 0 Å². The van der Waals surface area contributed by atoms with E-state index in [1.807, 2.05) is 13.0 Å². The standard InChI is InChI=1S/C15H24FNO/c1-4-15(5-2,11-18)10-17-12(3)13-7-6-8-14(16)9-13/h6-9,12,17-18H,4-5,10-11H2,1-3H3/t12-/m1/s1. The number of hydrogen-bond acceptors (Lipinski definition) is 2. The third-order valence-electron chi connectivity index (χ3n) is 3.97. The summed E-state index contributed by atoms with van der Waals surface area (Å²) in [6, 6.07) is 6.73. The topological polar surface area (TPSA) is 32.3 Å². The summed E-state index contributed by atoms with van der Waals surface area (Å²) in [6.45, 7) is 7.13. The highest BCUT2D eigenvalue weighted by atomic mass is 19.1. The Morgan fingerprint density at radius 1 is 1.33 bits per heavy atom. The maximum atomic E-state index is 13.1. The summed E-state index contributed by atoms with van der Waals surface area (Å²) in [6.07, 6.45) is 1.87. The molecule has 1 aromatic rings. The van der Waals surface area contributed by atoms with E-state index >= 15 is 0 Å². The Bertz CT molecular complexity index is 355. The van der Waals surface area contributed by atoms with E-state index in [4.69, 9.17) is 0 Å². The average molecular weight is 253 g/mol. The molecule has 0 amide bonds. The van der Waals surface area contributed by atoms with Gasteiger partial charge in [-0.1, -0.05) is 26.0 Å². The molecule has 0 saturated carbocycles. The van der Waals surface area contributed by atoms with Crippen LogP contribution in [0.2, 0.25) is 0 Å². The Hall–Kier alpha value is -0.930. The van der Waals surface area contributed by atoms with Crippen molar-refractivity contribution < 1.29 is 9.50 Å². The van der Waals surface area contributed by atoms with Gasteiger partial charge in [0, 0.05) is 24.6 Å². The van der Waals surface area contributed by atoms with Crippen molar-refractivity contribution in [3.05, 3.63) is 35.6 Å². The number of benzene rings is 1. The van der Waals surface area contributed by atoms with Gasteiger partial charge in [0.25, 0.3) is 0 Å². The molecule has 0 saturated heterocycles. The summed E-state index contributed by atoms with van der Waals surface area (Å²) in [5.41, 5.74) is 0.871. The summed E-state index contributed by atoms with van der Waals surface area (Å²) < 4.78 is 13.1.